The number of urea groups is 1. The van der Waals surface area contributed by atoms with Gasteiger partial charge in [-0.25, -0.2) is 9.69 Å². The zero-order valence-corrected chi connectivity index (χ0v) is 18.6. The van der Waals surface area contributed by atoms with E-state index in [9.17, 15) is 14.4 Å². The Balaban J connectivity index is 1.79. The minimum absolute atomic E-state index is 0.0378. The number of imide groups is 1. The molecule has 1 aliphatic heterocycles. The van der Waals surface area contributed by atoms with Gasteiger partial charge in [-0.2, -0.15) is 0 Å². The third kappa shape index (κ3) is 4.82. The molecular formula is C19H14I2N2O5. The Hall–Kier alpha value is -2.15. The number of nitrogens with one attached hydrogen (secondary N) is 1. The van der Waals surface area contributed by atoms with Crippen LogP contribution in [-0.2, 0) is 16.2 Å². The van der Waals surface area contributed by atoms with E-state index in [-0.39, 0.29) is 5.70 Å². The molecule has 0 radical (unpaired) electrons. The molecular weight excluding hydrogens is 590 g/mol. The highest BCUT2D eigenvalue weighted by Gasteiger charge is 2.34. The molecule has 144 valence electrons. The Morgan fingerprint density at radius 1 is 1.14 bits per heavy atom. The topological polar surface area (TPSA) is 95.9 Å². The quantitative estimate of drug-likeness (QED) is 0.300. The van der Waals surface area contributed by atoms with Gasteiger partial charge in [0.1, 0.15) is 24.6 Å². The van der Waals surface area contributed by atoms with Crippen LogP contribution in [0.2, 0.25) is 0 Å². The number of benzene rings is 2. The predicted octanol–water partition coefficient (Wildman–Crippen LogP) is 3.45. The van der Waals surface area contributed by atoms with Gasteiger partial charge in [0.05, 0.1) is 7.14 Å². The number of nitrogens with zero attached hydrogens (tertiary/aromatic N) is 1. The molecule has 2 N–H and O–H groups in total. The molecule has 7 nitrogen and oxygen atoms in total. The number of hydrogen-bond acceptors (Lipinski definition) is 4. The molecule has 28 heavy (non-hydrogen) atoms. The molecule has 9 heteroatoms. The molecule has 2 aromatic carbocycles. The number of aliphatic carboxylic acids is 1. The van der Waals surface area contributed by atoms with Gasteiger partial charge in [-0.3, -0.25) is 9.59 Å². The van der Waals surface area contributed by atoms with E-state index >= 15 is 0 Å². The van der Waals surface area contributed by atoms with Crippen LogP contribution in [0.5, 0.6) is 5.75 Å². The van der Waals surface area contributed by atoms with Crippen molar-refractivity contribution in [2.24, 2.45) is 0 Å². The minimum Gasteiger partial charge on any atom is -0.487 e. The highest BCUT2D eigenvalue weighted by Crippen LogP contribution is 2.30. The first-order valence-electron chi connectivity index (χ1n) is 8.07. The standard InChI is InChI=1S/C19H14I2N2O5/c20-13-6-12(8-15-18(26)23(9-16(24)25)19(27)22-15)7-14(21)17(13)28-10-11-4-2-1-3-5-11/h1-8H,9-10H2,(H,22,27)(H,24,25)/b15-8+. The molecule has 0 unspecified atom stereocenters. The summed E-state index contributed by atoms with van der Waals surface area (Å²) in [6.45, 7) is -0.241. The van der Waals surface area contributed by atoms with Gasteiger partial charge >= 0.3 is 12.0 Å². The number of halogens is 2. The number of hydrogen-bond donors (Lipinski definition) is 2. The van der Waals surface area contributed by atoms with Gasteiger partial charge in [0.25, 0.3) is 5.91 Å². The van der Waals surface area contributed by atoms with Crippen molar-refractivity contribution in [3.8, 4) is 5.75 Å². The van der Waals surface area contributed by atoms with Gasteiger partial charge in [-0.05, 0) is 74.5 Å². The maximum Gasteiger partial charge on any atom is 0.329 e. The number of ether oxygens (including phenoxy) is 1. The fourth-order valence-electron chi connectivity index (χ4n) is 2.55. The smallest absolute Gasteiger partial charge is 0.329 e. The van der Waals surface area contributed by atoms with Crippen molar-refractivity contribution in [3.05, 3.63) is 66.4 Å². The first-order valence-corrected chi connectivity index (χ1v) is 10.2. The summed E-state index contributed by atoms with van der Waals surface area (Å²) in [7, 11) is 0. The summed E-state index contributed by atoms with van der Waals surface area (Å²) in [6.07, 6.45) is 1.52. The Kier molecular flexibility index (Phi) is 6.54. The van der Waals surface area contributed by atoms with E-state index in [1.54, 1.807) is 0 Å². The molecule has 0 saturated carbocycles. The van der Waals surface area contributed by atoms with Crippen LogP contribution in [0.1, 0.15) is 11.1 Å². The molecule has 0 aromatic heterocycles. The summed E-state index contributed by atoms with van der Waals surface area (Å²) in [5.74, 6) is -1.18. The maximum absolute atomic E-state index is 12.2. The number of carbonyl (C=O) groups excluding carboxylic acids is 2. The van der Waals surface area contributed by atoms with E-state index in [0.717, 1.165) is 18.5 Å². The summed E-state index contributed by atoms with van der Waals surface area (Å²) < 4.78 is 7.64. The molecule has 3 rings (SSSR count). The fraction of sp³-hybridized carbons (Fsp3) is 0.105. The largest absolute Gasteiger partial charge is 0.487 e. The predicted molar refractivity (Wildman–Crippen MR) is 119 cm³/mol. The normalized spacial score (nSPS) is 15.1. The summed E-state index contributed by atoms with van der Waals surface area (Å²) in [5, 5.41) is 11.2. The van der Waals surface area contributed by atoms with E-state index in [4.69, 9.17) is 9.84 Å². The summed E-state index contributed by atoms with van der Waals surface area (Å²) in [5.41, 5.74) is 1.79. The molecule has 2 aromatic rings. The number of carboxylic acids is 1. The molecule has 1 heterocycles. The van der Waals surface area contributed by atoms with Gasteiger partial charge in [-0.1, -0.05) is 30.3 Å². The van der Waals surface area contributed by atoms with E-state index < -0.39 is 24.5 Å². The Morgan fingerprint density at radius 3 is 2.39 bits per heavy atom. The molecule has 0 atom stereocenters. The molecule has 1 fully saturated rings. The molecule has 1 aliphatic rings. The fourth-order valence-corrected chi connectivity index (χ4v) is 4.68. The summed E-state index contributed by atoms with van der Waals surface area (Å²) in [4.78, 5) is 35.5. The van der Waals surface area contributed by atoms with E-state index in [2.05, 4.69) is 50.5 Å². The maximum atomic E-state index is 12.2. The Labute approximate surface area is 188 Å². The van der Waals surface area contributed by atoms with Crippen molar-refractivity contribution in [1.82, 2.24) is 10.2 Å². The van der Waals surface area contributed by atoms with Crippen LogP contribution >= 0.6 is 45.2 Å². The van der Waals surface area contributed by atoms with Crippen molar-refractivity contribution in [2.45, 2.75) is 6.61 Å². The first kappa shape index (κ1) is 20.6. The zero-order valence-electron chi connectivity index (χ0n) is 14.3. The monoisotopic (exact) mass is 604 g/mol. The van der Waals surface area contributed by atoms with Gasteiger partial charge in [0.15, 0.2) is 0 Å². The molecule has 3 amide bonds. The van der Waals surface area contributed by atoms with Gasteiger partial charge < -0.3 is 15.2 Å². The SMILES string of the molecule is O=C(O)CN1C(=O)N/C(=C/c2cc(I)c(OCc3ccccc3)c(I)c2)C1=O. The van der Waals surface area contributed by atoms with Crippen molar-refractivity contribution in [1.29, 1.82) is 0 Å². The van der Waals surface area contributed by atoms with Gasteiger partial charge in [0, 0.05) is 0 Å². The summed E-state index contributed by atoms with van der Waals surface area (Å²) >= 11 is 4.30. The number of carbonyl (C=O) groups is 3. The highest BCUT2D eigenvalue weighted by atomic mass is 127. The van der Waals surface area contributed by atoms with Crippen LogP contribution in [0, 0.1) is 7.14 Å². The van der Waals surface area contributed by atoms with Gasteiger partial charge in [0.2, 0.25) is 0 Å². The lowest BCUT2D eigenvalue weighted by Crippen LogP contribution is -2.35. The van der Waals surface area contributed by atoms with Crippen LogP contribution in [0.15, 0.2) is 48.2 Å². The third-order valence-corrected chi connectivity index (χ3v) is 5.42. The average molecular weight is 604 g/mol. The lowest BCUT2D eigenvalue weighted by Gasteiger charge is -2.12. The minimum atomic E-state index is -1.26. The highest BCUT2D eigenvalue weighted by molar-refractivity contribution is 14.1. The van der Waals surface area contributed by atoms with Crippen LogP contribution < -0.4 is 10.1 Å². The summed E-state index contributed by atoms with van der Waals surface area (Å²) in [6, 6.07) is 12.7. The zero-order chi connectivity index (χ0) is 20.3. The molecule has 0 spiro atoms. The van der Waals surface area contributed by atoms with E-state index in [0.29, 0.717) is 17.1 Å². The first-order chi connectivity index (χ1) is 13.3. The second-order valence-electron chi connectivity index (χ2n) is 5.86. The molecule has 1 saturated heterocycles. The molecule has 0 bridgehead atoms. The average Bonchev–Trinajstić information content (AvgIpc) is 2.89. The van der Waals surface area contributed by atoms with Crippen molar-refractivity contribution in [2.75, 3.05) is 6.54 Å². The second kappa shape index (κ2) is 8.90. The van der Waals surface area contributed by atoms with E-state index in [1.807, 2.05) is 42.5 Å². The van der Waals surface area contributed by atoms with Crippen LogP contribution in [0.25, 0.3) is 6.08 Å². The number of carboxylic acid groups (broad SMARTS) is 1. The van der Waals surface area contributed by atoms with E-state index in [1.165, 1.54) is 6.08 Å². The Bertz CT molecular complexity index is 953. The second-order valence-corrected chi connectivity index (χ2v) is 8.19. The molecule has 0 aliphatic carbocycles. The van der Waals surface area contributed by atoms with Crippen LogP contribution in [0.4, 0.5) is 4.79 Å². The lowest BCUT2D eigenvalue weighted by molar-refractivity contribution is -0.140. The van der Waals surface area contributed by atoms with Crippen LogP contribution in [0.3, 0.4) is 0 Å². The van der Waals surface area contributed by atoms with Crippen molar-refractivity contribution < 1.29 is 24.2 Å². The number of amides is 3. The van der Waals surface area contributed by atoms with Gasteiger partial charge in [-0.15, -0.1) is 0 Å². The third-order valence-electron chi connectivity index (χ3n) is 3.81. The Morgan fingerprint density at radius 2 is 1.79 bits per heavy atom. The van der Waals surface area contributed by atoms with Crippen molar-refractivity contribution >= 4 is 69.2 Å². The number of rotatable bonds is 6. The lowest BCUT2D eigenvalue weighted by atomic mass is 10.2. The van der Waals surface area contributed by atoms with Crippen LogP contribution in [-0.4, -0.2) is 34.5 Å². The van der Waals surface area contributed by atoms with Crippen molar-refractivity contribution in [3.63, 3.8) is 0 Å².